The highest BCUT2D eigenvalue weighted by atomic mass is 16.3. The van der Waals surface area contributed by atoms with Crippen LogP contribution in [0.4, 0.5) is 0 Å². The summed E-state index contributed by atoms with van der Waals surface area (Å²) < 4.78 is 0. The summed E-state index contributed by atoms with van der Waals surface area (Å²) in [6, 6.07) is 15.4. The maximum atomic E-state index is 12.0. The van der Waals surface area contributed by atoms with Crippen molar-refractivity contribution in [1.29, 1.82) is 0 Å². The zero-order valence-electron chi connectivity index (χ0n) is 13.2. The van der Waals surface area contributed by atoms with Crippen molar-refractivity contribution in [1.82, 2.24) is 5.32 Å². The first-order valence-electron chi connectivity index (χ1n) is 7.75. The molecule has 0 saturated carbocycles. The van der Waals surface area contributed by atoms with Crippen LogP contribution in [0.2, 0.25) is 0 Å². The van der Waals surface area contributed by atoms with Crippen LogP contribution < -0.4 is 5.32 Å². The van der Waals surface area contributed by atoms with Crippen LogP contribution in [0.5, 0.6) is 5.75 Å². The summed E-state index contributed by atoms with van der Waals surface area (Å²) in [4.78, 5) is 12.0. The minimum Gasteiger partial charge on any atom is -0.508 e. The Morgan fingerprint density at radius 2 is 1.82 bits per heavy atom. The number of phenolic OH excluding ortho intramolecular Hbond substituents is 1. The van der Waals surface area contributed by atoms with Crippen molar-refractivity contribution in [3.63, 3.8) is 0 Å². The van der Waals surface area contributed by atoms with Crippen molar-refractivity contribution in [2.45, 2.75) is 39.2 Å². The van der Waals surface area contributed by atoms with Gasteiger partial charge in [0.2, 0.25) is 5.91 Å². The Labute approximate surface area is 132 Å². The van der Waals surface area contributed by atoms with Gasteiger partial charge >= 0.3 is 0 Å². The zero-order valence-corrected chi connectivity index (χ0v) is 13.2. The number of amides is 1. The highest BCUT2D eigenvalue weighted by Crippen LogP contribution is 2.18. The molecular formula is C19H23NO2. The van der Waals surface area contributed by atoms with Crippen LogP contribution in [0.1, 0.15) is 43.0 Å². The number of nitrogens with one attached hydrogen (secondary N) is 1. The zero-order chi connectivity index (χ0) is 15.9. The standard InChI is InChI=1S/C19H23NO2/c1-3-15-8-10-16(11-9-15)14(2)20-19(22)13-12-17-6-4-5-7-18(17)21/h4-11,14,21H,3,12-13H2,1-2H3,(H,20,22). The van der Waals surface area contributed by atoms with Crippen molar-refractivity contribution in [3.05, 3.63) is 65.2 Å². The summed E-state index contributed by atoms with van der Waals surface area (Å²) in [5, 5.41) is 12.7. The van der Waals surface area contributed by atoms with E-state index in [4.69, 9.17) is 0 Å². The van der Waals surface area contributed by atoms with Gasteiger partial charge in [-0.1, -0.05) is 49.4 Å². The molecule has 1 atom stereocenters. The molecular weight excluding hydrogens is 274 g/mol. The lowest BCUT2D eigenvalue weighted by Crippen LogP contribution is -2.26. The number of para-hydroxylation sites is 1. The maximum Gasteiger partial charge on any atom is 0.220 e. The molecule has 2 aromatic carbocycles. The van der Waals surface area contributed by atoms with E-state index in [0.717, 1.165) is 17.5 Å². The molecule has 0 saturated heterocycles. The van der Waals surface area contributed by atoms with Gasteiger partial charge in [-0.15, -0.1) is 0 Å². The fraction of sp³-hybridized carbons (Fsp3) is 0.316. The Hall–Kier alpha value is -2.29. The number of benzene rings is 2. The molecule has 0 bridgehead atoms. The van der Waals surface area contributed by atoms with Gasteiger partial charge in [-0.3, -0.25) is 4.79 Å². The van der Waals surface area contributed by atoms with Crippen molar-refractivity contribution in [2.75, 3.05) is 0 Å². The second-order valence-corrected chi connectivity index (χ2v) is 5.51. The summed E-state index contributed by atoms with van der Waals surface area (Å²) in [7, 11) is 0. The first-order chi connectivity index (χ1) is 10.6. The Morgan fingerprint density at radius 1 is 1.14 bits per heavy atom. The van der Waals surface area contributed by atoms with Gasteiger partial charge in [0.25, 0.3) is 0 Å². The van der Waals surface area contributed by atoms with Crippen molar-refractivity contribution in [2.24, 2.45) is 0 Å². The van der Waals surface area contributed by atoms with E-state index in [1.54, 1.807) is 12.1 Å². The molecule has 0 spiro atoms. The number of aromatic hydroxyl groups is 1. The minimum atomic E-state index is -0.0113. The summed E-state index contributed by atoms with van der Waals surface area (Å²) in [5.41, 5.74) is 3.20. The molecule has 1 unspecified atom stereocenters. The number of hydrogen-bond donors (Lipinski definition) is 2. The van der Waals surface area contributed by atoms with E-state index in [1.807, 2.05) is 19.1 Å². The monoisotopic (exact) mass is 297 g/mol. The molecule has 2 rings (SSSR count). The summed E-state index contributed by atoms with van der Waals surface area (Å²) in [5.74, 6) is 0.244. The van der Waals surface area contributed by atoms with Crippen LogP contribution in [-0.2, 0) is 17.6 Å². The molecule has 3 heteroatoms. The number of carbonyl (C=O) groups is 1. The Balaban J connectivity index is 1.87. The topological polar surface area (TPSA) is 49.3 Å². The molecule has 0 aliphatic heterocycles. The molecule has 0 fully saturated rings. The van der Waals surface area contributed by atoms with Crippen LogP contribution >= 0.6 is 0 Å². The summed E-state index contributed by atoms with van der Waals surface area (Å²) in [6.07, 6.45) is 1.93. The molecule has 116 valence electrons. The van der Waals surface area contributed by atoms with Gasteiger partial charge in [-0.05, 0) is 42.5 Å². The van der Waals surface area contributed by atoms with E-state index in [1.165, 1.54) is 5.56 Å². The van der Waals surface area contributed by atoms with Gasteiger partial charge in [-0.25, -0.2) is 0 Å². The first kappa shape index (κ1) is 16.1. The van der Waals surface area contributed by atoms with Crippen LogP contribution in [0.25, 0.3) is 0 Å². The smallest absolute Gasteiger partial charge is 0.220 e. The van der Waals surface area contributed by atoms with Crippen molar-refractivity contribution >= 4 is 5.91 Å². The van der Waals surface area contributed by atoms with E-state index in [9.17, 15) is 9.90 Å². The highest BCUT2D eigenvalue weighted by molar-refractivity contribution is 5.76. The molecule has 0 radical (unpaired) electrons. The van der Waals surface area contributed by atoms with Crippen LogP contribution in [-0.4, -0.2) is 11.0 Å². The quantitative estimate of drug-likeness (QED) is 0.853. The molecule has 2 aromatic rings. The second-order valence-electron chi connectivity index (χ2n) is 5.51. The lowest BCUT2D eigenvalue weighted by molar-refractivity contribution is -0.121. The van der Waals surface area contributed by atoms with Crippen molar-refractivity contribution < 1.29 is 9.90 Å². The largest absolute Gasteiger partial charge is 0.508 e. The van der Waals surface area contributed by atoms with E-state index < -0.39 is 0 Å². The van der Waals surface area contributed by atoms with Gasteiger partial charge in [0.1, 0.15) is 5.75 Å². The Morgan fingerprint density at radius 3 is 2.45 bits per heavy atom. The molecule has 22 heavy (non-hydrogen) atoms. The van der Waals surface area contributed by atoms with Crippen LogP contribution in [0.15, 0.2) is 48.5 Å². The van der Waals surface area contributed by atoms with Gasteiger partial charge < -0.3 is 10.4 Å². The normalized spacial score (nSPS) is 11.9. The van der Waals surface area contributed by atoms with Gasteiger partial charge in [0, 0.05) is 6.42 Å². The number of phenols is 1. The van der Waals surface area contributed by atoms with Crippen LogP contribution in [0, 0.1) is 0 Å². The summed E-state index contributed by atoms with van der Waals surface area (Å²) >= 11 is 0. The third kappa shape index (κ3) is 4.35. The fourth-order valence-corrected chi connectivity index (χ4v) is 2.41. The van der Waals surface area contributed by atoms with E-state index in [0.29, 0.717) is 12.8 Å². The Bertz CT molecular complexity index is 620. The van der Waals surface area contributed by atoms with Gasteiger partial charge in [0.15, 0.2) is 0 Å². The molecule has 0 aliphatic carbocycles. The number of hydrogen-bond acceptors (Lipinski definition) is 2. The van der Waals surface area contributed by atoms with Gasteiger partial charge in [-0.2, -0.15) is 0 Å². The predicted molar refractivity (Wildman–Crippen MR) is 88.8 cm³/mol. The number of aryl methyl sites for hydroxylation is 2. The van der Waals surface area contributed by atoms with Crippen molar-refractivity contribution in [3.8, 4) is 5.75 Å². The second kappa shape index (κ2) is 7.64. The SMILES string of the molecule is CCc1ccc(C(C)NC(=O)CCc2ccccc2O)cc1. The average Bonchev–Trinajstić information content (AvgIpc) is 2.54. The summed E-state index contributed by atoms with van der Waals surface area (Å²) in [6.45, 7) is 4.11. The third-order valence-electron chi connectivity index (χ3n) is 3.88. The van der Waals surface area contributed by atoms with Crippen LogP contribution in [0.3, 0.4) is 0 Å². The maximum absolute atomic E-state index is 12.0. The van der Waals surface area contributed by atoms with E-state index in [-0.39, 0.29) is 17.7 Å². The molecule has 0 aromatic heterocycles. The molecule has 1 amide bonds. The number of carbonyl (C=O) groups excluding carboxylic acids is 1. The molecule has 2 N–H and O–H groups in total. The van der Waals surface area contributed by atoms with Gasteiger partial charge in [0.05, 0.1) is 6.04 Å². The van der Waals surface area contributed by atoms with E-state index >= 15 is 0 Å². The first-order valence-corrected chi connectivity index (χ1v) is 7.75. The Kier molecular flexibility index (Phi) is 5.59. The highest BCUT2D eigenvalue weighted by Gasteiger charge is 2.10. The molecule has 3 nitrogen and oxygen atoms in total. The lowest BCUT2D eigenvalue weighted by Gasteiger charge is -2.15. The average molecular weight is 297 g/mol. The molecule has 0 aliphatic rings. The molecule has 0 heterocycles. The van der Waals surface area contributed by atoms with E-state index in [2.05, 4.69) is 36.5 Å². The minimum absolute atomic E-state index is 0.00433. The lowest BCUT2D eigenvalue weighted by atomic mass is 10.0. The predicted octanol–water partition coefficient (Wildman–Crippen LogP) is 3.76. The third-order valence-corrected chi connectivity index (χ3v) is 3.88. The number of rotatable bonds is 6. The fourth-order valence-electron chi connectivity index (χ4n) is 2.41.